The van der Waals surface area contributed by atoms with Gasteiger partial charge >= 0.3 is 0 Å². The van der Waals surface area contributed by atoms with Crippen molar-refractivity contribution in [3.63, 3.8) is 0 Å². The third-order valence-corrected chi connectivity index (χ3v) is 14.3. The Kier molecular flexibility index (Phi) is 18.3. The van der Waals surface area contributed by atoms with E-state index in [2.05, 4.69) is 84.5 Å². The highest BCUT2D eigenvalue weighted by molar-refractivity contribution is 8.00. The molecule has 0 aliphatic heterocycles. The Morgan fingerprint density at radius 2 is 1.13 bits per heavy atom. The van der Waals surface area contributed by atoms with Gasteiger partial charge in [-0.05, 0) is 111 Å². The van der Waals surface area contributed by atoms with E-state index in [1.54, 1.807) is 7.11 Å². The fraction of sp³-hybridized carbons (Fsp3) is 0.293. The first kappa shape index (κ1) is 53.1. The molecule has 0 aliphatic carbocycles. The maximum atomic E-state index is 11.2. The maximum absolute atomic E-state index is 11.2. The number of benzene rings is 4. The third-order valence-electron chi connectivity index (χ3n) is 9.88. The van der Waals surface area contributed by atoms with Crippen LogP contribution in [0.1, 0.15) is 27.7 Å². The van der Waals surface area contributed by atoms with Gasteiger partial charge in [-0.3, -0.25) is 9.11 Å². The van der Waals surface area contributed by atoms with E-state index in [1.165, 1.54) is 30.8 Å². The average Bonchev–Trinajstić information content (AvgIpc) is 3.85. The lowest BCUT2D eigenvalue weighted by molar-refractivity contribution is 0.398. The number of hydrogen-bond acceptors (Lipinski definition) is 23. The normalized spacial score (nSPS) is 11.3. The molecule has 0 saturated heterocycles. The van der Waals surface area contributed by atoms with Crippen LogP contribution in [0.25, 0.3) is 21.8 Å². The Balaban J connectivity index is 0.000000239. The molecule has 68 heavy (non-hydrogen) atoms. The first-order chi connectivity index (χ1) is 32.2. The van der Waals surface area contributed by atoms with E-state index in [0.29, 0.717) is 43.7 Å². The van der Waals surface area contributed by atoms with Crippen molar-refractivity contribution in [2.45, 2.75) is 42.6 Å². The topological polar surface area (TPSA) is 326 Å². The molecule has 0 unspecified atom stereocenters. The monoisotopic (exact) mass is 1050 g/mol. The number of nitrogen functional groups attached to an aromatic ring is 4. The van der Waals surface area contributed by atoms with E-state index >= 15 is 0 Å². The minimum absolute atomic E-state index is 0.0434. The Morgan fingerprint density at radius 3 is 1.56 bits per heavy atom. The van der Waals surface area contributed by atoms with Crippen LogP contribution in [0.2, 0.25) is 0 Å². The molecule has 366 valence electrons. The summed E-state index contributed by atoms with van der Waals surface area (Å²) in [7, 11) is -5.53. The summed E-state index contributed by atoms with van der Waals surface area (Å²) < 4.78 is 80.9. The summed E-state index contributed by atoms with van der Waals surface area (Å²) in [5.74, 6) is 0.810. The van der Waals surface area contributed by atoms with Gasteiger partial charge in [0.2, 0.25) is 11.9 Å². The number of hydrogen-bond donors (Lipinski definition) is 9. The molecule has 0 amide bonds. The van der Waals surface area contributed by atoms with Gasteiger partial charge in [-0.25, -0.2) is 0 Å². The van der Waals surface area contributed by atoms with E-state index in [4.69, 9.17) is 41.5 Å². The summed E-state index contributed by atoms with van der Waals surface area (Å²) in [5.41, 5.74) is 29.4. The van der Waals surface area contributed by atoms with Crippen LogP contribution in [0, 0.1) is 0 Å². The number of nitrogens with zero attached hydrogens (tertiary/aromatic N) is 7. The molecular formula is C41H53N13O8S6. The van der Waals surface area contributed by atoms with Crippen LogP contribution in [0.3, 0.4) is 0 Å². The Bertz CT molecular complexity index is 3000. The van der Waals surface area contributed by atoms with Gasteiger partial charge < -0.3 is 52.8 Å². The van der Waals surface area contributed by atoms with Crippen molar-refractivity contribution >= 4 is 146 Å². The van der Waals surface area contributed by atoms with Crippen LogP contribution in [0.4, 0.5) is 56.0 Å². The summed E-state index contributed by atoms with van der Waals surface area (Å²) in [4.78, 5) is 18.3. The molecular weight excluding hydrogens is 995 g/mol. The highest BCUT2D eigenvalue weighted by Crippen LogP contribution is 2.35. The summed E-state index contributed by atoms with van der Waals surface area (Å²) in [6, 6.07) is 17.8. The minimum atomic E-state index is -4.33. The largest absolute Gasteiger partial charge is 0.496 e. The number of anilines is 10. The molecule has 12 N–H and O–H groups in total. The molecule has 0 radical (unpaired) electrons. The van der Waals surface area contributed by atoms with Crippen molar-refractivity contribution in [2.75, 3.05) is 95.3 Å². The van der Waals surface area contributed by atoms with Crippen LogP contribution >= 0.6 is 47.5 Å². The van der Waals surface area contributed by atoms with Crippen molar-refractivity contribution in [2.24, 2.45) is 0 Å². The van der Waals surface area contributed by atoms with Crippen LogP contribution < -0.4 is 52.8 Å². The summed E-state index contributed by atoms with van der Waals surface area (Å²) in [6.07, 6.45) is 0. The number of rotatable bonds is 17. The summed E-state index contributed by atoms with van der Waals surface area (Å²) >= 11 is 7.67. The Hall–Kier alpha value is -5.81. The van der Waals surface area contributed by atoms with E-state index in [-0.39, 0.29) is 33.5 Å². The van der Waals surface area contributed by atoms with Gasteiger partial charge in [0.15, 0.2) is 5.16 Å². The number of ether oxygens (including phenoxy) is 2. The zero-order valence-electron chi connectivity index (χ0n) is 37.8. The number of nitrogens with two attached hydrogens (primary N) is 4. The van der Waals surface area contributed by atoms with Gasteiger partial charge in [0.1, 0.15) is 26.4 Å². The number of aromatic nitrogens is 5. The molecule has 0 atom stereocenters. The molecule has 27 heteroatoms. The number of nitrogens with one attached hydrogen (secondary N) is 2. The van der Waals surface area contributed by atoms with E-state index in [1.807, 2.05) is 48.5 Å². The molecule has 0 aliphatic rings. The highest BCUT2D eigenvalue weighted by Gasteiger charge is 2.20. The SMILES string of the molecule is CCN(CC)c1ccc(N)c(Nc2nc(Nc3cc(N(CC)CC)ccc3N)nc(SCCS(=O)(=O)O)n2)c1.COc1cc2c(N)snc2cc1S.COc1cc2c(N)snc2cc1S(=O)(=O)O. The second kappa shape index (κ2) is 23.5. The van der Waals surface area contributed by atoms with Crippen molar-refractivity contribution in [3.8, 4) is 11.5 Å². The van der Waals surface area contributed by atoms with Crippen LogP contribution in [-0.2, 0) is 20.2 Å². The predicted molar refractivity (Wildman–Crippen MR) is 281 cm³/mol. The van der Waals surface area contributed by atoms with Crippen LogP contribution in [0.5, 0.6) is 11.5 Å². The second-order valence-electron chi connectivity index (χ2n) is 14.2. The lowest BCUT2D eigenvalue weighted by atomic mass is 10.2. The van der Waals surface area contributed by atoms with Gasteiger partial charge in [-0.15, -0.1) is 12.6 Å². The second-order valence-corrected chi connectivity index (χ2v) is 20.3. The molecule has 0 fully saturated rings. The average molecular weight is 1050 g/mol. The molecule has 4 aromatic carbocycles. The number of fused-ring (bicyclic) bond motifs is 2. The molecule has 3 heterocycles. The maximum Gasteiger partial charge on any atom is 0.298 e. The van der Waals surface area contributed by atoms with Crippen molar-refractivity contribution in [1.82, 2.24) is 23.7 Å². The molecule has 7 aromatic rings. The minimum Gasteiger partial charge on any atom is -0.496 e. The van der Waals surface area contributed by atoms with Gasteiger partial charge in [-0.2, -0.15) is 40.5 Å². The standard InChI is InChI=1S/C25H37N9O3S2.C8H8N2O4S2.C8H8N2OS2/c1-5-33(6-2)17-9-11-19(26)21(15-17)28-23-30-24(32-25(31-23)38-13-14-39(35,36)37)29-22-16-18(10-12-20(22)27)34(7-3)8-4;1-14-6-2-4-5(10-15-8(4)9)3-7(6)16(11,12)13;1-11-6-2-4-5(3-7(6)12)10-13-8(4)9/h9-12,15-16H,5-8,13-14,26-27H2,1-4H3,(H,35,36,37)(H2,28,29,30,31,32);2-3H,9H2,1H3,(H,11,12,13);2-3,12H,9H2,1H3. The van der Waals surface area contributed by atoms with E-state index in [9.17, 15) is 16.8 Å². The molecule has 0 saturated carbocycles. The third kappa shape index (κ3) is 13.9. The highest BCUT2D eigenvalue weighted by atomic mass is 32.2. The first-order valence-corrected chi connectivity index (χ1v) is 26.5. The lowest BCUT2D eigenvalue weighted by Gasteiger charge is -2.22. The van der Waals surface area contributed by atoms with E-state index < -0.39 is 26.0 Å². The number of methoxy groups -OCH3 is 2. The fourth-order valence-electron chi connectivity index (χ4n) is 6.36. The zero-order valence-corrected chi connectivity index (χ0v) is 42.8. The Labute approximate surface area is 412 Å². The Morgan fingerprint density at radius 1 is 0.676 bits per heavy atom. The first-order valence-electron chi connectivity index (χ1n) is 20.5. The quantitative estimate of drug-likeness (QED) is 0.0184. The van der Waals surface area contributed by atoms with E-state index in [0.717, 1.165) is 82.4 Å². The predicted octanol–water partition coefficient (Wildman–Crippen LogP) is 7.51. The molecule has 0 spiro atoms. The summed E-state index contributed by atoms with van der Waals surface area (Å²) in [6.45, 7) is 11.7. The van der Waals surface area contributed by atoms with Gasteiger partial charge in [0.05, 0.1) is 53.8 Å². The van der Waals surface area contributed by atoms with Crippen LogP contribution in [0.15, 0.2) is 75.6 Å². The lowest BCUT2D eigenvalue weighted by Crippen LogP contribution is -2.22. The fourth-order valence-corrected chi connectivity index (χ4v) is 10.2. The molecule has 3 aromatic heterocycles. The smallest absolute Gasteiger partial charge is 0.298 e. The van der Waals surface area contributed by atoms with Crippen molar-refractivity contribution in [3.05, 3.63) is 60.7 Å². The van der Waals surface area contributed by atoms with Crippen molar-refractivity contribution in [1.29, 1.82) is 0 Å². The molecule has 21 nitrogen and oxygen atoms in total. The summed E-state index contributed by atoms with van der Waals surface area (Å²) in [5, 5.41) is 9.33. The van der Waals surface area contributed by atoms with Gasteiger partial charge in [0.25, 0.3) is 20.2 Å². The molecule has 0 bridgehead atoms. The number of thioether (sulfide) groups is 1. The number of thiol groups is 1. The van der Waals surface area contributed by atoms with Gasteiger partial charge in [-0.1, -0.05) is 11.8 Å². The van der Waals surface area contributed by atoms with Crippen molar-refractivity contribution < 1.29 is 35.4 Å². The van der Waals surface area contributed by atoms with Crippen LogP contribution in [-0.4, -0.2) is 102 Å². The van der Waals surface area contributed by atoms with Gasteiger partial charge in [0, 0.05) is 59.0 Å². The zero-order chi connectivity index (χ0) is 49.9. The molecule has 7 rings (SSSR count).